The van der Waals surface area contributed by atoms with E-state index in [0.29, 0.717) is 57.8 Å². The van der Waals surface area contributed by atoms with Gasteiger partial charge in [0.05, 0.1) is 24.4 Å². The van der Waals surface area contributed by atoms with Gasteiger partial charge in [0.25, 0.3) is 11.7 Å². The predicted molar refractivity (Wildman–Crippen MR) is 202 cm³/mol. The zero-order valence-electron chi connectivity index (χ0n) is 33.8. The lowest BCUT2D eigenvalue weighted by Gasteiger charge is -2.47. The van der Waals surface area contributed by atoms with Gasteiger partial charge in [-0.1, -0.05) is 45.4 Å². The molecule has 54 heavy (non-hydrogen) atoms. The van der Waals surface area contributed by atoms with Crippen LogP contribution in [0.25, 0.3) is 0 Å². The van der Waals surface area contributed by atoms with Gasteiger partial charge in [0.2, 0.25) is 5.79 Å². The maximum atomic E-state index is 14.2. The molecule has 1 aliphatic carbocycles. The van der Waals surface area contributed by atoms with Crippen LogP contribution in [0.4, 0.5) is 0 Å². The smallest absolute Gasteiger partial charge is 0.329 e. The lowest BCUT2D eigenvalue weighted by molar-refractivity contribution is -0.302. The SMILES string of the molecule is CCC1C=C(C)CC(C)CC(OC)C2OC(O)(C(=O)C(=O)N3CCCCC3C(=O)OC(C(C)=CC3CCC(O)C(O)C3)C(C)CCC1=O)C(C)CC2OC. The Morgan fingerprint density at radius 1 is 0.963 bits per heavy atom. The molecule has 3 fully saturated rings. The van der Waals surface area contributed by atoms with Crippen molar-refractivity contribution in [3.8, 4) is 0 Å². The van der Waals surface area contributed by atoms with Crippen molar-refractivity contribution in [1.29, 1.82) is 0 Å². The number of ketones is 2. The molecule has 12 heteroatoms. The number of rotatable bonds is 5. The first-order valence-electron chi connectivity index (χ1n) is 20.3. The molecule has 2 saturated heterocycles. The lowest BCUT2D eigenvalue weighted by atomic mass is 9.82. The first kappa shape index (κ1) is 44.2. The van der Waals surface area contributed by atoms with Crippen molar-refractivity contribution < 1.29 is 53.4 Å². The normalized spacial score (nSPS) is 40.3. The van der Waals surface area contributed by atoms with Crippen LogP contribution in [0.1, 0.15) is 119 Å². The highest BCUT2D eigenvalue weighted by molar-refractivity contribution is 6.39. The van der Waals surface area contributed by atoms with Gasteiger partial charge in [0.1, 0.15) is 24.0 Å². The Hall–Kier alpha value is -2.48. The molecule has 3 N–H and O–H groups in total. The first-order valence-corrected chi connectivity index (χ1v) is 20.3. The molecule has 13 atom stereocenters. The van der Waals surface area contributed by atoms with Crippen molar-refractivity contribution in [3.05, 3.63) is 23.3 Å². The standard InChI is InChI=1S/C42H67NO11/c1-9-30-19-24(2)18-25(3)20-35(51-7)38-36(52-8)22-28(6)42(50,54-38)39(47)40(48)43-17-11-10-12-31(43)41(49)53-37(26(4)13-15-32(30)44)27(5)21-29-14-16-33(45)34(46)23-29/h19,21,25-26,28-31,33-38,45-46,50H,9-18,20,22-23H2,1-8H3. The minimum Gasteiger partial charge on any atom is -0.456 e. The number of aliphatic hydroxyl groups is 3. The van der Waals surface area contributed by atoms with Crippen LogP contribution in [0.2, 0.25) is 0 Å². The Balaban J connectivity index is 1.73. The van der Waals surface area contributed by atoms with Gasteiger partial charge < -0.3 is 39.2 Å². The molecule has 12 nitrogen and oxygen atoms in total. The lowest BCUT2D eigenvalue weighted by Crippen LogP contribution is -2.64. The highest BCUT2D eigenvalue weighted by Crippen LogP contribution is 2.39. The summed E-state index contributed by atoms with van der Waals surface area (Å²) in [6.07, 6.45) is 5.54. The van der Waals surface area contributed by atoms with E-state index < -0.39 is 72.0 Å². The summed E-state index contributed by atoms with van der Waals surface area (Å²) in [6, 6.07) is -1.06. The number of ether oxygens (including phenoxy) is 4. The van der Waals surface area contributed by atoms with Gasteiger partial charge in [-0.2, -0.15) is 0 Å². The fourth-order valence-electron chi connectivity index (χ4n) is 9.16. The van der Waals surface area contributed by atoms with Crippen molar-refractivity contribution in [2.75, 3.05) is 20.8 Å². The number of allylic oxidation sites excluding steroid dienone is 3. The summed E-state index contributed by atoms with van der Waals surface area (Å²) in [5.41, 5.74) is 1.83. The van der Waals surface area contributed by atoms with E-state index in [2.05, 4.69) is 13.0 Å². The molecule has 0 aromatic carbocycles. The molecule has 1 saturated carbocycles. The Kier molecular flexibility index (Phi) is 16.0. The van der Waals surface area contributed by atoms with Crippen molar-refractivity contribution in [1.82, 2.24) is 4.90 Å². The number of hydrogen-bond acceptors (Lipinski definition) is 11. The Labute approximate surface area is 322 Å². The van der Waals surface area contributed by atoms with E-state index in [1.165, 1.54) is 4.90 Å². The molecule has 0 aromatic heterocycles. The summed E-state index contributed by atoms with van der Waals surface area (Å²) in [5.74, 6) is -6.44. The highest BCUT2D eigenvalue weighted by Gasteiger charge is 2.56. The van der Waals surface area contributed by atoms with Crippen molar-refractivity contribution in [2.24, 2.45) is 29.6 Å². The van der Waals surface area contributed by atoms with E-state index in [1.54, 1.807) is 21.1 Å². The molecule has 13 unspecified atom stereocenters. The number of methoxy groups -OCH3 is 2. The van der Waals surface area contributed by atoms with Crippen LogP contribution in [0.3, 0.4) is 0 Å². The number of cyclic esters (lactones) is 1. The fraction of sp³-hybridized carbons (Fsp3) is 0.810. The number of hydrogen-bond donors (Lipinski definition) is 3. The third-order valence-corrected chi connectivity index (χ3v) is 12.5. The van der Waals surface area contributed by atoms with Crippen LogP contribution in [0, 0.1) is 29.6 Å². The number of carbonyl (C=O) groups is 4. The number of fused-ring (bicyclic) bond motifs is 3. The van der Waals surface area contributed by atoms with Gasteiger partial charge in [0.15, 0.2) is 0 Å². The summed E-state index contributed by atoms with van der Waals surface area (Å²) < 4.78 is 24.2. The third kappa shape index (κ3) is 10.5. The van der Waals surface area contributed by atoms with Crippen molar-refractivity contribution in [2.45, 2.75) is 167 Å². The van der Waals surface area contributed by atoms with Crippen LogP contribution >= 0.6 is 0 Å². The summed E-state index contributed by atoms with van der Waals surface area (Å²) in [7, 11) is 3.09. The zero-order valence-corrected chi connectivity index (χ0v) is 33.8. The van der Waals surface area contributed by atoms with Crippen LogP contribution in [-0.2, 0) is 38.1 Å². The van der Waals surface area contributed by atoms with Crippen LogP contribution in [0.15, 0.2) is 23.3 Å². The maximum absolute atomic E-state index is 14.2. The third-order valence-electron chi connectivity index (χ3n) is 12.5. The molecule has 3 aliphatic heterocycles. The monoisotopic (exact) mass is 761 g/mol. The van der Waals surface area contributed by atoms with Crippen molar-refractivity contribution >= 4 is 23.4 Å². The number of piperidine rings is 1. The van der Waals surface area contributed by atoms with E-state index in [0.717, 1.165) is 11.1 Å². The fourth-order valence-corrected chi connectivity index (χ4v) is 9.16. The Morgan fingerprint density at radius 3 is 2.30 bits per heavy atom. The largest absolute Gasteiger partial charge is 0.456 e. The zero-order chi connectivity index (χ0) is 39.9. The van der Waals surface area contributed by atoms with Crippen LogP contribution in [-0.4, -0.2) is 113 Å². The summed E-state index contributed by atoms with van der Waals surface area (Å²) in [5, 5.41) is 32.4. The molecule has 0 radical (unpaired) electrons. The number of aliphatic hydroxyl groups excluding tert-OH is 2. The summed E-state index contributed by atoms with van der Waals surface area (Å²) in [6.45, 7) is 11.7. The second-order valence-corrected chi connectivity index (χ2v) is 16.8. The van der Waals surface area contributed by atoms with Gasteiger partial charge in [-0.15, -0.1) is 0 Å². The van der Waals surface area contributed by atoms with Crippen LogP contribution < -0.4 is 0 Å². The minimum absolute atomic E-state index is 0.0381. The van der Waals surface area contributed by atoms with Gasteiger partial charge in [0, 0.05) is 39.0 Å². The molecular formula is C42H67NO11. The average molecular weight is 762 g/mol. The number of Topliss-reactive ketones (excluding diaryl/α,β-unsaturated/α-hetero) is 2. The molecule has 4 rings (SSSR count). The van der Waals surface area contributed by atoms with E-state index >= 15 is 0 Å². The van der Waals surface area contributed by atoms with Crippen molar-refractivity contribution in [3.63, 3.8) is 0 Å². The van der Waals surface area contributed by atoms with Gasteiger partial charge in [-0.3, -0.25) is 14.4 Å². The van der Waals surface area contributed by atoms with Gasteiger partial charge >= 0.3 is 5.97 Å². The first-order chi connectivity index (χ1) is 25.5. The maximum Gasteiger partial charge on any atom is 0.329 e. The molecular weight excluding hydrogens is 694 g/mol. The number of esters is 1. The predicted octanol–water partition coefficient (Wildman–Crippen LogP) is 4.85. The van der Waals surface area contributed by atoms with E-state index in [-0.39, 0.29) is 55.3 Å². The van der Waals surface area contributed by atoms with E-state index in [9.17, 15) is 34.5 Å². The second-order valence-electron chi connectivity index (χ2n) is 16.8. The Bertz CT molecular complexity index is 1380. The molecule has 4 aliphatic rings. The van der Waals surface area contributed by atoms with Gasteiger partial charge in [-0.25, -0.2) is 4.79 Å². The number of carbonyl (C=O) groups excluding carboxylic acids is 4. The molecule has 0 spiro atoms. The molecule has 1 amide bonds. The van der Waals surface area contributed by atoms with E-state index in [1.807, 2.05) is 33.8 Å². The van der Waals surface area contributed by atoms with Crippen LogP contribution in [0.5, 0.6) is 0 Å². The van der Waals surface area contributed by atoms with E-state index in [4.69, 9.17) is 18.9 Å². The highest BCUT2D eigenvalue weighted by atomic mass is 16.7. The average Bonchev–Trinajstić information content (AvgIpc) is 3.15. The second kappa shape index (κ2) is 19.6. The topological polar surface area (TPSA) is 169 Å². The minimum atomic E-state index is -2.47. The molecule has 306 valence electrons. The summed E-state index contributed by atoms with van der Waals surface area (Å²) >= 11 is 0. The molecule has 2 bridgehead atoms. The Morgan fingerprint density at radius 2 is 1.65 bits per heavy atom. The van der Waals surface area contributed by atoms with Gasteiger partial charge in [-0.05, 0) is 108 Å². The number of nitrogens with zero attached hydrogens (tertiary/aromatic N) is 1. The quantitative estimate of drug-likeness (QED) is 0.199. The molecule has 3 heterocycles. The molecule has 0 aromatic rings. The summed E-state index contributed by atoms with van der Waals surface area (Å²) in [4.78, 5) is 57.4. The number of amides is 1.